The Morgan fingerprint density at radius 2 is 1.73 bits per heavy atom. The molecule has 194 valence electrons. The molecule has 37 heavy (non-hydrogen) atoms. The number of alkyl halides is 3. The van der Waals surface area contributed by atoms with Crippen molar-refractivity contribution in [2.24, 2.45) is 0 Å². The average molecular weight is 528 g/mol. The molecule has 3 aromatic rings. The second kappa shape index (κ2) is 10.9. The average Bonchev–Trinajstić information content (AvgIpc) is 3.39. The lowest BCUT2D eigenvalue weighted by Gasteiger charge is -2.17. The monoisotopic (exact) mass is 527 g/mol. The number of aryl methyl sites for hydroxylation is 1. The zero-order chi connectivity index (χ0) is 26.7. The first kappa shape index (κ1) is 26.6. The number of amides is 2. The van der Waals surface area contributed by atoms with Crippen molar-refractivity contribution in [2.75, 3.05) is 31.5 Å². The highest BCUT2D eigenvalue weighted by Gasteiger charge is 2.30. The van der Waals surface area contributed by atoms with E-state index in [4.69, 9.17) is 0 Å². The molecule has 0 atom stereocenters. The Morgan fingerprint density at radius 3 is 2.38 bits per heavy atom. The predicted octanol–water partition coefficient (Wildman–Crippen LogP) is 6.31. The van der Waals surface area contributed by atoms with Gasteiger partial charge in [0, 0.05) is 34.1 Å². The molecule has 2 heterocycles. The van der Waals surface area contributed by atoms with Gasteiger partial charge >= 0.3 is 6.18 Å². The molecule has 0 radical (unpaired) electrons. The summed E-state index contributed by atoms with van der Waals surface area (Å²) < 4.78 is 38.6. The number of likely N-dealkylation sites (N-methyl/N-ethyl adjacent to an activating group) is 1. The van der Waals surface area contributed by atoms with Crippen molar-refractivity contribution in [2.45, 2.75) is 26.9 Å². The summed E-state index contributed by atoms with van der Waals surface area (Å²) >= 11 is 1.44. The largest absolute Gasteiger partial charge is 0.416 e. The Kier molecular flexibility index (Phi) is 7.85. The molecule has 2 N–H and O–H groups in total. The molecule has 1 aliphatic heterocycles. The van der Waals surface area contributed by atoms with Crippen LogP contribution in [0.1, 0.15) is 45.1 Å². The summed E-state index contributed by atoms with van der Waals surface area (Å²) in [6, 6.07) is 12.0. The molecule has 0 unspecified atom stereocenters. The van der Waals surface area contributed by atoms with Crippen molar-refractivity contribution >= 4 is 40.5 Å². The zero-order valence-electron chi connectivity index (χ0n) is 20.8. The Bertz CT molecular complexity index is 1340. The van der Waals surface area contributed by atoms with Crippen molar-refractivity contribution < 1.29 is 22.8 Å². The van der Waals surface area contributed by atoms with E-state index < -0.39 is 11.7 Å². The van der Waals surface area contributed by atoms with Crippen molar-refractivity contribution in [3.63, 3.8) is 0 Å². The maximum Gasteiger partial charge on any atom is 0.416 e. The third-order valence-corrected chi connectivity index (χ3v) is 7.42. The fourth-order valence-electron chi connectivity index (χ4n) is 4.28. The number of hydrogen-bond donors (Lipinski definition) is 2. The standard InChI is InChI=1S/C28H28F3N3O2S/c1-4-34(5-2)13-12-32-26(35)23-15-21(37-17(23)3)16-24-22-11-8-19(14-25(22)33-27(24)36)18-6-9-20(10-7-18)28(29,30)31/h6-11,14-16H,4-5,12-13H2,1-3H3,(H,32,35)(H,33,36)/b24-16-. The first-order valence-corrected chi connectivity index (χ1v) is 12.9. The summed E-state index contributed by atoms with van der Waals surface area (Å²) in [5.41, 5.74) is 2.97. The number of halogens is 3. The van der Waals surface area contributed by atoms with Gasteiger partial charge in [0.2, 0.25) is 0 Å². The third kappa shape index (κ3) is 5.94. The maximum atomic E-state index is 12.9. The van der Waals surface area contributed by atoms with E-state index in [0.717, 1.165) is 41.5 Å². The SMILES string of the molecule is CCN(CC)CCNC(=O)c1cc(/C=C2\C(=O)Nc3cc(-c4ccc(C(F)(F)F)cc4)ccc32)sc1C. The highest BCUT2D eigenvalue weighted by molar-refractivity contribution is 7.13. The highest BCUT2D eigenvalue weighted by atomic mass is 32.1. The molecule has 0 bridgehead atoms. The van der Waals surface area contributed by atoms with Crippen molar-refractivity contribution in [1.29, 1.82) is 0 Å². The van der Waals surface area contributed by atoms with Gasteiger partial charge in [0.15, 0.2) is 0 Å². The van der Waals surface area contributed by atoms with Gasteiger partial charge in [-0.25, -0.2) is 0 Å². The van der Waals surface area contributed by atoms with Crippen LogP contribution < -0.4 is 10.6 Å². The quantitative estimate of drug-likeness (QED) is 0.338. The first-order chi connectivity index (χ1) is 17.6. The molecule has 2 aromatic carbocycles. The van der Waals surface area contributed by atoms with Crippen molar-refractivity contribution in [3.05, 3.63) is 75.0 Å². The Balaban J connectivity index is 1.52. The fraction of sp³-hybridized carbons (Fsp3) is 0.286. The van der Waals surface area contributed by atoms with Gasteiger partial charge in [-0.05, 0) is 61.5 Å². The second-order valence-electron chi connectivity index (χ2n) is 8.75. The van der Waals surface area contributed by atoms with Gasteiger partial charge in [-0.1, -0.05) is 38.1 Å². The highest BCUT2D eigenvalue weighted by Crippen LogP contribution is 2.38. The van der Waals surface area contributed by atoms with E-state index in [1.165, 1.54) is 23.5 Å². The zero-order valence-corrected chi connectivity index (χ0v) is 21.6. The van der Waals surface area contributed by atoms with Crippen molar-refractivity contribution in [1.82, 2.24) is 10.2 Å². The fourth-order valence-corrected chi connectivity index (χ4v) is 5.24. The number of carbonyl (C=O) groups excluding carboxylic acids is 2. The maximum absolute atomic E-state index is 12.9. The molecule has 5 nitrogen and oxygen atoms in total. The van der Waals surface area contributed by atoms with Crippen LogP contribution in [0.15, 0.2) is 48.5 Å². The molecule has 0 saturated heterocycles. The van der Waals surface area contributed by atoms with Gasteiger partial charge in [0.25, 0.3) is 11.8 Å². The predicted molar refractivity (Wildman–Crippen MR) is 143 cm³/mol. The number of hydrogen-bond acceptors (Lipinski definition) is 4. The first-order valence-electron chi connectivity index (χ1n) is 12.1. The molecule has 0 spiro atoms. The molecule has 9 heteroatoms. The van der Waals surface area contributed by atoms with Crippen LogP contribution in [0.25, 0.3) is 22.8 Å². The number of rotatable bonds is 8. The number of anilines is 1. The number of nitrogens with zero attached hydrogens (tertiary/aromatic N) is 1. The van der Waals surface area contributed by atoms with E-state index in [1.54, 1.807) is 30.3 Å². The van der Waals surface area contributed by atoms with Gasteiger partial charge in [-0.15, -0.1) is 11.3 Å². The number of nitrogens with one attached hydrogen (secondary N) is 2. The van der Waals surface area contributed by atoms with E-state index >= 15 is 0 Å². The molecule has 1 aromatic heterocycles. The normalized spacial score (nSPS) is 14.2. The van der Waals surface area contributed by atoms with Crippen LogP contribution in [-0.4, -0.2) is 42.9 Å². The van der Waals surface area contributed by atoms with Crippen LogP contribution in [0.3, 0.4) is 0 Å². The minimum atomic E-state index is -4.39. The summed E-state index contributed by atoms with van der Waals surface area (Å²) in [5.74, 6) is -0.404. The number of carbonyl (C=O) groups is 2. The molecule has 0 fully saturated rings. The minimum absolute atomic E-state index is 0.136. The summed E-state index contributed by atoms with van der Waals surface area (Å²) in [6.07, 6.45) is -2.63. The number of benzene rings is 2. The van der Waals surface area contributed by atoms with E-state index in [0.29, 0.717) is 40.1 Å². The lowest BCUT2D eigenvalue weighted by molar-refractivity contribution is -0.137. The van der Waals surface area contributed by atoms with E-state index in [-0.39, 0.29) is 11.8 Å². The molecule has 1 aliphatic rings. The van der Waals surface area contributed by atoms with Crippen molar-refractivity contribution in [3.8, 4) is 11.1 Å². The molecule has 2 amide bonds. The van der Waals surface area contributed by atoms with Gasteiger partial charge in [-0.2, -0.15) is 13.2 Å². The smallest absolute Gasteiger partial charge is 0.351 e. The molecular formula is C28H28F3N3O2S. The van der Waals surface area contributed by atoms with Crippen LogP contribution in [0, 0.1) is 6.92 Å². The van der Waals surface area contributed by atoms with Crippen LogP contribution in [0.5, 0.6) is 0 Å². The lowest BCUT2D eigenvalue weighted by Crippen LogP contribution is -2.34. The van der Waals surface area contributed by atoms with E-state index in [1.807, 2.05) is 6.92 Å². The van der Waals surface area contributed by atoms with Crippen LogP contribution in [0.4, 0.5) is 18.9 Å². The van der Waals surface area contributed by atoms with Gasteiger partial charge in [-0.3, -0.25) is 9.59 Å². The van der Waals surface area contributed by atoms with Crippen LogP contribution >= 0.6 is 11.3 Å². The molecule has 4 rings (SSSR count). The Labute approximate surface area is 218 Å². The molecular weight excluding hydrogens is 499 g/mol. The Morgan fingerprint density at radius 1 is 1.05 bits per heavy atom. The lowest BCUT2D eigenvalue weighted by atomic mass is 9.99. The van der Waals surface area contributed by atoms with Gasteiger partial charge in [0.05, 0.1) is 16.7 Å². The summed E-state index contributed by atoms with van der Waals surface area (Å²) in [4.78, 5) is 29.3. The van der Waals surface area contributed by atoms with Gasteiger partial charge < -0.3 is 15.5 Å². The van der Waals surface area contributed by atoms with E-state index in [2.05, 4.69) is 29.4 Å². The number of thiophene rings is 1. The topological polar surface area (TPSA) is 61.4 Å². The minimum Gasteiger partial charge on any atom is -0.351 e. The molecule has 0 aliphatic carbocycles. The Hall–Kier alpha value is -3.43. The van der Waals surface area contributed by atoms with E-state index in [9.17, 15) is 22.8 Å². The summed E-state index contributed by atoms with van der Waals surface area (Å²) in [5, 5.41) is 5.81. The second-order valence-corrected chi connectivity index (χ2v) is 10.0. The summed E-state index contributed by atoms with van der Waals surface area (Å²) in [6.45, 7) is 9.24. The third-order valence-electron chi connectivity index (χ3n) is 6.42. The number of fused-ring (bicyclic) bond motifs is 1. The van der Waals surface area contributed by atoms with Crippen LogP contribution in [0.2, 0.25) is 0 Å². The van der Waals surface area contributed by atoms with Gasteiger partial charge in [0.1, 0.15) is 0 Å². The van der Waals surface area contributed by atoms with Crippen LogP contribution in [-0.2, 0) is 11.0 Å². The summed E-state index contributed by atoms with van der Waals surface area (Å²) in [7, 11) is 0. The molecule has 0 saturated carbocycles.